The fraction of sp³-hybridized carbons (Fsp3) is 0.278. The Kier molecular flexibility index (Phi) is 6.79. The highest BCUT2D eigenvalue weighted by atomic mass is 35.5. The van der Waals surface area contributed by atoms with Crippen LogP contribution in [0.1, 0.15) is 30.5 Å². The lowest BCUT2D eigenvalue weighted by Crippen LogP contribution is -2.24. The molecule has 1 N–H and O–H groups in total. The molecule has 0 unspecified atom stereocenters. The van der Waals surface area contributed by atoms with Crippen LogP contribution in [0, 0.1) is 6.92 Å². The first-order chi connectivity index (χ1) is 11.9. The van der Waals surface area contributed by atoms with Crippen LogP contribution in [-0.4, -0.2) is 23.5 Å². The van der Waals surface area contributed by atoms with Gasteiger partial charge in [-0.15, -0.1) is 0 Å². The van der Waals surface area contributed by atoms with Gasteiger partial charge in [-0.3, -0.25) is 9.59 Å². The summed E-state index contributed by atoms with van der Waals surface area (Å²) in [5.41, 5.74) is 1.39. The highest BCUT2D eigenvalue weighted by Gasteiger charge is 2.21. The Morgan fingerprint density at radius 2 is 1.88 bits per heavy atom. The predicted octanol–water partition coefficient (Wildman–Crippen LogP) is 4.37. The first kappa shape index (κ1) is 19.2. The highest BCUT2D eigenvalue weighted by Crippen LogP contribution is 2.25. The molecule has 25 heavy (non-hydrogen) atoms. The van der Waals surface area contributed by atoms with Crippen molar-refractivity contribution in [1.82, 2.24) is 4.98 Å². The van der Waals surface area contributed by atoms with Crippen LogP contribution in [0.25, 0.3) is 0 Å². The molecule has 5 nitrogen and oxygen atoms in total. The van der Waals surface area contributed by atoms with Gasteiger partial charge in [0.05, 0.1) is 21.7 Å². The smallest absolute Gasteiger partial charge is 0.313 e. The summed E-state index contributed by atoms with van der Waals surface area (Å²) in [6.45, 7) is 3.17. The number of nitrogens with zero attached hydrogens (tertiary/aromatic N) is 1. The van der Waals surface area contributed by atoms with E-state index in [1.54, 1.807) is 6.92 Å². The van der Waals surface area contributed by atoms with Crippen molar-refractivity contribution in [2.75, 3.05) is 11.9 Å². The van der Waals surface area contributed by atoms with E-state index in [0.717, 1.165) is 5.56 Å². The first-order valence-corrected chi connectivity index (χ1v) is 8.52. The summed E-state index contributed by atoms with van der Waals surface area (Å²) < 4.78 is 5.13. The van der Waals surface area contributed by atoms with E-state index in [1.165, 1.54) is 6.07 Å². The van der Waals surface area contributed by atoms with Gasteiger partial charge in [-0.25, -0.2) is 4.98 Å². The lowest BCUT2D eigenvalue weighted by atomic mass is 9.97. The van der Waals surface area contributed by atoms with E-state index < -0.39 is 24.4 Å². The average molecular weight is 381 g/mol. The molecule has 0 saturated carbocycles. The molecule has 1 aromatic carbocycles. The minimum absolute atomic E-state index is 0.180. The number of ether oxygens (including phenoxy) is 1. The van der Waals surface area contributed by atoms with Crippen molar-refractivity contribution < 1.29 is 14.3 Å². The van der Waals surface area contributed by atoms with E-state index in [2.05, 4.69) is 10.3 Å². The van der Waals surface area contributed by atoms with Crippen molar-refractivity contribution in [3.63, 3.8) is 0 Å². The molecule has 1 atom stereocenters. The van der Waals surface area contributed by atoms with Crippen LogP contribution in [0.4, 0.5) is 5.82 Å². The fourth-order valence-corrected chi connectivity index (χ4v) is 2.68. The number of halogens is 2. The molecule has 0 aliphatic rings. The van der Waals surface area contributed by atoms with Gasteiger partial charge in [0.15, 0.2) is 12.4 Å². The molecule has 2 rings (SSSR count). The first-order valence-electron chi connectivity index (χ1n) is 7.76. The van der Waals surface area contributed by atoms with Gasteiger partial charge in [0.2, 0.25) is 0 Å². The number of hydrogen-bond donors (Lipinski definition) is 1. The molecule has 0 spiro atoms. The molecule has 132 valence electrons. The van der Waals surface area contributed by atoms with Crippen LogP contribution in [0.3, 0.4) is 0 Å². The van der Waals surface area contributed by atoms with Crippen LogP contribution in [0.2, 0.25) is 10.0 Å². The Morgan fingerprint density at radius 3 is 2.52 bits per heavy atom. The van der Waals surface area contributed by atoms with Crippen molar-refractivity contribution in [2.24, 2.45) is 0 Å². The second-order valence-electron chi connectivity index (χ2n) is 5.41. The Hall–Kier alpha value is -2.11. The molecule has 0 fully saturated rings. The van der Waals surface area contributed by atoms with E-state index in [-0.39, 0.29) is 10.8 Å². The van der Waals surface area contributed by atoms with Crippen LogP contribution >= 0.6 is 23.2 Å². The maximum atomic E-state index is 12.2. The zero-order chi connectivity index (χ0) is 18.4. The summed E-state index contributed by atoms with van der Waals surface area (Å²) in [6.07, 6.45) is 0.578. The summed E-state index contributed by atoms with van der Waals surface area (Å²) in [5, 5.41) is 3.13. The number of rotatable bonds is 6. The maximum Gasteiger partial charge on any atom is 0.313 e. The summed E-state index contributed by atoms with van der Waals surface area (Å²) >= 11 is 11.9. The number of nitrogens with one attached hydrogen (secondary N) is 1. The minimum Gasteiger partial charge on any atom is -0.455 e. The molecular weight excluding hydrogens is 363 g/mol. The lowest BCUT2D eigenvalue weighted by molar-refractivity contribution is -0.149. The number of carbonyl (C=O) groups is 2. The number of hydrogen-bond acceptors (Lipinski definition) is 4. The lowest BCUT2D eigenvalue weighted by Gasteiger charge is -2.14. The number of carbonyl (C=O) groups excluding carboxylic acids is 2. The van der Waals surface area contributed by atoms with E-state index in [9.17, 15) is 9.59 Å². The van der Waals surface area contributed by atoms with Gasteiger partial charge in [-0.2, -0.15) is 0 Å². The predicted molar refractivity (Wildman–Crippen MR) is 98.1 cm³/mol. The second-order valence-corrected chi connectivity index (χ2v) is 6.23. The molecule has 0 saturated heterocycles. The number of benzene rings is 1. The molecular formula is C18H18Cl2N2O3. The Bertz CT molecular complexity index is 766. The highest BCUT2D eigenvalue weighted by molar-refractivity contribution is 6.36. The molecule has 0 aliphatic carbocycles. The van der Waals surface area contributed by atoms with Crippen LogP contribution in [0.5, 0.6) is 0 Å². The van der Waals surface area contributed by atoms with Gasteiger partial charge in [-0.1, -0.05) is 60.5 Å². The van der Waals surface area contributed by atoms with Gasteiger partial charge in [0.25, 0.3) is 5.91 Å². The number of esters is 1. The van der Waals surface area contributed by atoms with Crippen molar-refractivity contribution >= 4 is 40.9 Å². The van der Waals surface area contributed by atoms with Crippen LogP contribution < -0.4 is 5.32 Å². The van der Waals surface area contributed by atoms with Crippen molar-refractivity contribution in [2.45, 2.75) is 26.2 Å². The Labute approximate surface area is 156 Å². The third-order valence-electron chi connectivity index (χ3n) is 3.60. The zero-order valence-electron chi connectivity index (χ0n) is 13.9. The van der Waals surface area contributed by atoms with E-state index in [0.29, 0.717) is 17.1 Å². The van der Waals surface area contributed by atoms with Crippen molar-refractivity contribution in [3.05, 3.63) is 57.7 Å². The summed E-state index contributed by atoms with van der Waals surface area (Å²) in [6, 6.07) is 10.8. The maximum absolute atomic E-state index is 12.2. The van der Waals surface area contributed by atoms with E-state index in [1.807, 2.05) is 37.3 Å². The third kappa shape index (κ3) is 5.18. The summed E-state index contributed by atoms with van der Waals surface area (Å²) in [4.78, 5) is 28.3. The van der Waals surface area contributed by atoms with E-state index >= 15 is 0 Å². The normalized spacial score (nSPS) is 11.7. The van der Waals surface area contributed by atoms with Crippen LogP contribution in [0.15, 0.2) is 36.4 Å². The SMILES string of the molecule is CC[C@@H](C(=O)OCC(=O)Nc1nc(C)c(Cl)cc1Cl)c1ccccc1. The standard InChI is InChI=1S/C18H18Cl2N2O3/c1-3-13(12-7-5-4-6-8-12)18(24)25-10-16(23)22-17-15(20)9-14(19)11(2)21-17/h4-9,13H,3,10H2,1-2H3,(H,21,22,23)/t13-/m1/s1. The number of aryl methyl sites for hydroxylation is 1. The molecule has 7 heteroatoms. The molecule has 0 aliphatic heterocycles. The fourth-order valence-electron chi connectivity index (χ4n) is 2.28. The molecule has 1 aromatic heterocycles. The zero-order valence-corrected chi connectivity index (χ0v) is 15.4. The molecule has 0 bridgehead atoms. The van der Waals surface area contributed by atoms with Crippen molar-refractivity contribution in [1.29, 1.82) is 0 Å². The Morgan fingerprint density at radius 1 is 1.20 bits per heavy atom. The number of aromatic nitrogens is 1. The topological polar surface area (TPSA) is 68.3 Å². The largest absolute Gasteiger partial charge is 0.455 e. The van der Waals surface area contributed by atoms with Gasteiger partial charge in [0.1, 0.15) is 0 Å². The van der Waals surface area contributed by atoms with Gasteiger partial charge >= 0.3 is 5.97 Å². The van der Waals surface area contributed by atoms with E-state index in [4.69, 9.17) is 27.9 Å². The quantitative estimate of drug-likeness (QED) is 0.755. The summed E-state index contributed by atoms with van der Waals surface area (Å²) in [5.74, 6) is -1.20. The molecule has 0 radical (unpaired) electrons. The van der Waals surface area contributed by atoms with Crippen LogP contribution in [-0.2, 0) is 14.3 Å². The monoisotopic (exact) mass is 380 g/mol. The number of amides is 1. The average Bonchev–Trinajstić information content (AvgIpc) is 2.59. The number of pyridine rings is 1. The number of anilines is 1. The second kappa shape index (κ2) is 8.83. The molecule has 2 aromatic rings. The van der Waals surface area contributed by atoms with Gasteiger partial charge < -0.3 is 10.1 Å². The Balaban J connectivity index is 1.95. The van der Waals surface area contributed by atoms with Gasteiger partial charge in [0, 0.05) is 0 Å². The third-order valence-corrected chi connectivity index (χ3v) is 4.27. The molecule has 1 heterocycles. The molecule has 1 amide bonds. The van der Waals surface area contributed by atoms with Crippen molar-refractivity contribution in [3.8, 4) is 0 Å². The minimum atomic E-state index is -0.521. The van der Waals surface area contributed by atoms with Gasteiger partial charge in [-0.05, 0) is 25.0 Å². The summed E-state index contributed by atoms with van der Waals surface area (Å²) in [7, 11) is 0.